The largest absolute Gasteiger partial charge is 0.480 e. The number of fused-ring (bicyclic) bond motifs is 1. The van der Waals surface area contributed by atoms with Crippen molar-refractivity contribution in [1.82, 2.24) is 9.88 Å². The second-order valence-corrected chi connectivity index (χ2v) is 5.01. The van der Waals surface area contributed by atoms with Crippen molar-refractivity contribution in [2.75, 3.05) is 0 Å². The maximum atomic E-state index is 11.4. The highest BCUT2D eigenvalue weighted by Crippen LogP contribution is 2.15. The number of oxazole rings is 1. The molecule has 2 rings (SSSR count). The minimum absolute atomic E-state index is 0.397. The summed E-state index contributed by atoms with van der Waals surface area (Å²) in [4.78, 5) is 22.3. The van der Waals surface area contributed by atoms with Gasteiger partial charge in [0.05, 0.1) is 5.52 Å². The van der Waals surface area contributed by atoms with E-state index in [1.54, 1.807) is 33.0 Å². The Labute approximate surface area is 109 Å². The van der Waals surface area contributed by atoms with E-state index in [0.717, 1.165) is 5.56 Å². The van der Waals surface area contributed by atoms with E-state index in [-0.39, 0.29) is 0 Å². The zero-order valence-electron chi connectivity index (χ0n) is 11.1. The number of hydrogen-bond acceptors (Lipinski definition) is 4. The summed E-state index contributed by atoms with van der Waals surface area (Å²) in [5.74, 6) is -1.32. The van der Waals surface area contributed by atoms with E-state index in [9.17, 15) is 9.59 Å². The summed E-state index contributed by atoms with van der Waals surface area (Å²) in [6.45, 7) is 3.59. The quantitative estimate of drug-likeness (QED) is 0.863. The Morgan fingerprint density at radius 3 is 2.79 bits per heavy atom. The van der Waals surface area contributed by atoms with Gasteiger partial charge in [0.2, 0.25) is 0 Å². The molecule has 102 valence electrons. The van der Waals surface area contributed by atoms with E-state index in [1.807, 2.05) is 6.07 Å². The van der Waals surface area contributed by atoms with Crippen LogP contribution in [-0.4, -0.2) is 21.2 Å². The Hall–Kier alpha value is -2.08. The first-order chi connectivity index (χ1) is 8.81. The van der Waals surface area contributed by atoms with Crippen LogP contribution in [0.15, 0.2) is 27.4 Å². The molecule has 1 aromatic heterocycles. The number of aryl methyl sites for hydroxylation is 1. The van der Waals surface area contributed by atoms with Crippen LogP contribution in [0, 0.1) is 0 Å². The van der Waals surface area contributed by atoms with E-state index < -0.39 is 17.3 Å². The zero-order chi connectivity index (χ0) is 14.2. The van der Waals surface area contributed by atoms with Crippen molar-refractivity contribution in [1.29, 1.82) is 0 Å². The molecule has 19 heavy (non-hydrogen) atoms. The summed E-state index contributed by atoms with van der Waals surface area (Å²) in [5, 5.41) is 12.0. The topological polar surface area (TPSA) is 84.5 Å². The van der Waals surface area contributed by atoms with E-state index in [4.69, 9.17) is 9.52 Å². The third kappa shape index (κ3) is 2.53. The standard InChI is InChI=1S/C13H16N2O4/c1-13(2,11(16)17)14-7-8-4-5-10-9(6-8)15(3)12(18)19-10/h4-6,14H,7H2,1-3H3,(H,16,17). The van der Waals surface area contributed by atoms with Crippen LogP contribution in [0.4, 0.5) is 0 Å². The van der Waals surface area contributed by atoms with Crippen molar-refractivity contribution in [3.05, 3.63) is 34.3 Å². The van der Waals surface area contributed by atoms with Crippen molar-refractivity contribution in [2.45, 2.75) is 25.9 Å². The molecule has 0 aliphatic heterocycles. The van der Waals surface area contributed by atoms with Gasteiger partial charge in [0.15, 0.2) is 5.58 Å². The summed E-state index contributed by atoms with van der Waals surface area (Å²) in [5.41, 5.74) is 1.10. The van der Waals surface area contributed by atoms with Crippen LogP contribution in [0.2, 0.25) is 0 Å². The molecule has 0 radical (unpaired) electrons. The molecule has 0 saturated carbocycles. The molecule has 2 N–H and O–H groups in total. The molecule has 6 heteroatoms. The third-order valence-corrected chi connectivity index (χ3v) is 3.12. The molecule has 1 heterocycles. The zero-order valence-corrected chi connectivity index (χ0v) is 11.1. The van der Waals surface area contributed by atoms with Crippen LogP contribution in [0.5, 0.6) is 0 Å². The first-order valence-corrected chi connectivity index (χ1v) is 5.88. The number of carboxylic acid groups (broad SMARTS) is 1. The lowest BCUT2D eigenvalue weighted by molar-refractivity contribution is -0.143. The van der Waals surface area contributed by atoms with Gasteiger partial charge in [-0.05, 0) is 31.5 Å². The number of carboxylic acids is 1. The Morgan fingerprint density at radius 1 is 1.47 bits per heavy atom. The lowest BCUT2D eigenvalue weighted by atomic mass is 10.1. The number of aromatic nitrogens is 1. The number of benzene rings is 1. The number of nitrogens with zero attached hydrogens (tertiary/aromatic N) is 1. The maximum absolute atomic E-state index is 11.4. The minimum Gasteiger partial charge on any atom is -0.480 e. The average Bonchev–Trinajstić information content (AvgIpc) is 2.63. The van der Waals surface area contributed by atoms with E-state index in [0.29, 0.717) is 17.6 Å². The molecule has 1 aromatic carbocycles. The molecule has 0 atom stereocenters. The highest BCUT2D eigenvalue weighted by Gasteiger charge is 2.25. The summed E-state index contributed by atoms with van der Waals surface area (Å²) in [6, 6.07) is 5.32. The molecule has 0 spiro atoms. The van der Waals surface area contributed by atoms with Crippen LogP contribution in [0.3, 0.4) is 0 Å². The number of carbonyl (C=O) groups is 1. The molecule has 0 amide bonds. The summed E-state index contributed by atoms with van der Waals surface area (Å²) in [7, 11) is 1.63. The SMILES string of the molecule is Cn1c(=O)oc2ccc(CNC(C)(C)C(=O)O)cc21. The molecular formula is C13H16N2O4. The van der Waals surface area contributed by atoms with Crippen LogP contribution >= 0.6 is 0 Å². The normalized spacial score (nSPS) is 11.9. The van der Waals surface area contributed by atoms with E-state index in [1.165, 1.54) is 4.57 Å². The molecule has 0 aliphatic rings. The second-order valence-electron chi connectivity index (χ2n) is 5.01. The lowest BCUT2D eigenvalue weighted by Crippen LogP contribution is -2.46. The van der Waals surface area contributed by atoms with Gasteiger partial charge in [-0.2, -0.15) is 0 Å². The minimum atomic E-state index is -1.00. The summed E-state index contributed by atoms with van der Waals surface area (Å²) < 4.78 is 6.45. The van der Waals surface area contributed by atoms with Gasteiger partial charge in [0.1, 0.15) is 5.54 Å². The monoisotopic (exact) mass is 264 g/mol. The fraction of sp³-hybridized carbons (Fsp3) is 0.385. The number of rotatable bonds is 4. The van der Waals surface area contributed by atoms with Gasteiger partial charge in [-0.3, -0.25) is 14.7 Å². The van der Waals surface area contributed by atoms with Crippen LogP contribution in [0.1, 0.15) is 19.4 Å². The van der Waals surface area contributed by atoms with Gasteiger partial charge >= 0.3 is 11.7 Å². The lowest BCUT2D eigenvalue weighted by Gasteiger charge is -2.21. The van der Waals surface area contributed by atoms with E-state index in [2.05, 4.69) is 5.32 Å². The maximum Gasteiger partial charge on any atom is 0.419 e. The predicted octanol–water partition coefficient (Wildman–Crippen LogP) is 1.08. The fourth-order valence-electron chi connectivity index (χ4n) is 1.68. The van der Waals surface area contributed by atoms with Gasteiger partial charge < -0.3 is 9.52 Å². The Kier molecular flexibility index (Phi) is 3.20. The van der Waals surface area contributed by atoms with E-state index >= 15 is 0 Å². The van der Waals surface area contributed by atoms with Crippen molar-refractivity contribution in [3.8, 4) is 0 Å². The van der Waals surface area contributed by atoms with Crippen LogP contribution < -0.4 is 11.1 Å². The number of aliphatic carboxylic acids is 1. The molecule has 0 aliphatic carbocycles. The highest BCUT2D eigenvalue weighted by atomic mass is 16.4. The Morgan fingerprint density at radius 2 is 2.16 bits per heavy atom. The van der Waals surface area contributed by atoms with Crippen molar-refractivity contribution >= 4 is 17.1 Å². The number of nitrogens with one attached hydrogen (secondary N) is 1. The van der Waals surface area contributed by atoms with Gasteiger partial charge in [0.25, 0.3) is 0 Å². The van der Waals surface area contributed by atoms with Crippen molar-refractivity contribution < 1.29 is 14.3 Å². The Bertz CT molecular complexity index is 681. The molecule has 0 saturated heterocycles. The third-order valence-electron chi connectivity index (χ3n) is 3.12. The fourth-order valence-corrected chi connectivity index (χ4v) is 1.68. The predicted molar refractivity (Wildman–Crippen MR) is 70.0 cm³/mol. The highest BCUT2D eigenvalue weighted by molar-refractivity contribution is 5.77. The molecule has 0 bridgehead atoms. The first-order valence-electron chi connectivity index (χ1n) is 5.88. The molecule has 0 fully saturated rings. The molecular weight excluding hydrogens is 248 g/mol. The first kappa shape index (κ1) is 13.4. The molecule has 6 nitrogen and oxygen atoms in total. The van der Waals surface area contributed by atoms with Gasteiger partial charge in [-0.25, -0.2) is 4.79 Å². The van der Waals surface area contributed by atoms with Gasteiger partial charge in [-0.15, -0.1) is 0 Å². The van der Waals surface area contributed by atoms with Crippen LogP contribution in [-0.2, 0) is 18.4 Å². The molecule has 0 unspecified atom stereocenters. The Balaban J connectivity index is 2.25. The van der Waals surface area contributed by atoms with Crippen molar-refractivity contribution in [2.24, 2.45) is 7.05 Å². The van der Waals surface area contributed by atoms with Crippen molar-refractivity contribution in [3.63, 3.8) is 0 Å². The smallest absolute Gasteiger partial charge is 0.419 e. The summed E-state index contributed by atoms with van der Waals surface area (Å²) >= 11 is 0. The van der Waals surface area contributed by atoms with Gasteiger partial charge in [0, 0.05) is 13.6 Å². The molecule has 2 aromatic rings. The average molecular weight is 264 g/mol. The van der Waals surface area contributed by atoms with Crippen LogP contribution in [0.25, 0.3) is 11.1 Å². The second kappa shape index (κ2) is 4.55. The number of hydrogen-bond donors (Lipinski definition) is 2. The van der Waals surface area contributed by atoms with Gasteiger partial charge in [-0.1, -0.05) is 6.07 Å². The summed E-state index contributed by atoms with van der Waals surface area (Å²) in [6.07, 6.45) is 0.